The maximum atomic E-state index is 10.0. The SMILES string of the molecule is O=C=Nc1c(Cl)cc(Br)c(Cl)c1Br. The molecule has 0 amide bonds. The highest BCUT2D eigenvalue weighted by atomic mass is 79.9. The normalized spacial score (nSPS) is 9.54. The number of isocyanates is 1. The molecular weight excluding hydrogens is 345 g/mol. The second-order valence-electron chi connectivity index (χ2n) is 2.02. The summed E-state index contributed by atoms with van der Waals surface area (Å²) in [6.07, 6.45) is 1.40. The van der Waals surface area contributed by atoms with Gasteiger partial charge in [0.25, 0.3) is 0 Å². The number of aliphatic imine (C=N–C) groups is 1. The Morgan fingerprint density at radius 3 is 2.54 bits per heavy atom. The first-order valence-electron chi connectivity index (χ1n) is 2.98. The molecule has 0 spiro atoms. The molecule has 13 heavy (non-hydrogen) atoms. The zero-order chi connectivity index (χ0) is 10.0. The lowest BCUT2D eigenvalue weighted by atomic mass is 10.3. The monoisotopic (exact) mass is 343 g/mol. The van der Waals surface area contributed by atoms with Gasteiger partial charge in [-0.1, -0.05) is 23.2 Å². The largest absolute Gasteiger partial charge is 0.240 e. The van der Waals surface area contributed by atoms with Gasteiger partial charge in [-0.15, -0.1) is 0 Å². The fourth-order valence-corrected chi connectivity index (χ4v) is 2.55. The van der Waals surface area contributed by atoms with Gasteiger partial charge in [-0.2, -0.15) is 4.99 Å². The topological polar surface area (TPSA) is 29.4 Å². The zero-order valence-electron chi connectivity index (χ0n) is 5.94. The molecule has 0 atom stereocenters. The van der Waals surface area contributed by atoms with Crippen molar-refractivity contribution in [3.05, 3.63) is 25.1 Å². The first-order valence-corrected chi connectivity index (χ1v) is 5.33. The van der Waals surface area contributed by atoms with Crippen LogP contribution in [0.5, 0.6) is 0 Å². The van der Waals surface area contributed by atoms with E-state index < -0.39 is 0 Å². The minimum atomic E-state index is 0.282. The van der Waals surface area contributed by atoms with Gasteiger partial charge >= 0.3 is 0 Å². The number of benzene rings is 1. The molecule has 0 heterocycles. The summed E-state index contributed by atoms with van der Waals surface area (Å²) in [4.78, 5) is 13.5. The predicted octanol–water partition coefficient (Wildman–Crippen LogP) is 4.49. The lowest BCUT2D eigenvalue weighted by Crippen LogP contribution is -1.76. The number of halogens is 4. The molecule has 0 aliphatic rings. The van der Waals surface area contributed by atoms with Gasteiger partial charge in [-0.3, -0.25) is 0 Å². The summed E-state index contributed by atoms with van der Waals surface area (Å²) in [6.45, 7) is 0. The number of hydrogen-bond donors (Lipinski definition) is 0. The molecule has 0 radical (unpaired) electrons. The molecule has 0 bridgehead atoms. The Morgan fingerprint density at radius 1 is 1.38 bits per heavy atom. The van der Waals surface area contributed by atoms with Crippen molar-refractivity contribution in [3.8, 4) is 0 Å². The van der Waals surface area contributed by atoms with E-state index >= 15 is 0 Å². The summed E-state index contributed by atoms with van der Waals surface area (Å²) in [5.74, 6) is 0. The lowest BCUT2D eigenvalue weighted by molar-refractivity contribution is 0.565. The van der Waals surface area contributed by atoms with Crippen LogP contribution in [0, 0.1) is 0 Å². The smallest absolute Gasteiger partial charge is 0.211 e. The highest BCUT2D eigenvalue weighted by Gasteiger charge is 2.12. The number of hydrogen-bond acceptors (Lipinski definition) is 2. The average molecular weight is 346 g/mol. The van der Waals surface area contributed by atoms with E-state index in [9.17, 15) is 4.79 Å². The average Bonchev–Trinajstić information content (AvgIpc) is 2.09. The Labute approximate surface area is 101 Å². The highest BCUT2D eigenvalue weighted by molar-refractivity contribution is 9.11. The van der Waals surface area contributed by atoms with Crippen LogP contribution < -0.4 is 0 Å². The first-order chi connectivity index (χ1) is 6.07. The van der Waals surface area contributed by atoms with E-state index in [1.165, 1.54) is 6.08 Å². The van der Waals surface area contributed by atoms with Crippen LogP contribution in [0.2, 0.25) is 10.0 Å². The van der Waals surface area contributed by atoms with Crippen LogP contribution in [0.4, 0.5) is 5.69 Å². The molecule has 1 aromatic rings. The molecule has 0 aliphatic carbocycles. The summed E-state index contributed by atoms with van der Waals surface area (Å²) in [5.41, 5.74) is 0.282. The lowest BCUT2D eigenvalue weighted by Gasteiger charge is -2.03. The summed E-state index contributed by atoms with van der Waals surface area (Å²) in [7, 11) is 0. The molecule has 0 N–H and O–H groups in total. The second kappa shape index (κ2) is 4.58. The van der Waals surface area contributed by atoms with Crippen molar-refractivity contribution < 1.29 is 4.79 Å². The van der Waals surface area contributed by atoms with Crippen LogP contribution in [-0.2, 0) is 4.79 Å². The molecule has 1 rings (SSSR count). The van der Waals surface area contributed by atoms with Crippen LogP contribution in [-0.4, -0.2) is 6.08 Å². The molecule has 0 fully saturated rings. The standard InChI is InChI=1S/C7HBr2Cl2NO/c8-3-1-4(10)7(12-2-13)5(9)6(3)11/h1H. The van der Waals surface area contributed by atoms with Crippen molar-refractivity contribution >= 4 is 66.8 Å². The fraction of sp³-hybridized carbons (Fsp3) is 0. The summed E-state index contributed by atoms with van der Waals surface area (Å²) in [5, 5.41) is 0.741. The Morgan fingerprint density at radius 2 is 2.00 bits per heavy atom. The van der Waals surface area contributed by atoms with Gasteiger partial charge in [-0.05, 0) is 37.9 Å². The van der Waals surface area contributed by atoms with E-state index in [2.05, 4.69) is 36.9 Å². The first kappa shape index (κ1) is 11.2. The van der Waals surface area contributed by atoms with Crippen molar-refractivity contribution in [2.24, 2.45) is 4.99 Å². The maximum absolute atomic E-state index is 10.0. The van der Waals surface area contributed by atoms with Gasteiger partial charge in [0.15, 0.2) is 0 Å². The van der Waals surface area contributed by atoms with Crippen molar-refractivity contribution in [1.29, 1.82) is 0 Å². The zero-order valence-corrected chi connectivity index (χ0v) is 10.6. The number of nitrogens with zero attached hydrogens (tertiary/aromatic N) is 1. The van der Waals surface area contributed by atoms with Gasteiger partial charge < -0.3 is 0 Å². The Kier molecular flexibility index (Phi) is 3.95. The van der Waals surface area contributed by atoms with E-state index in [-0.39, 0.29) is 5.69 Å². The molecule has 1 aromatic carbocycles. The molecule has 0 saturated carbocycles. The quantitative estimate of drug-likeness (QED) is 0.319. The summed E-state index contributed by atoms with van der Waals surface area (Å²) < 4.78 is 1.10. The third-order valence-corrected chi connectivity index (χ3v) is 3.78. The third-order valence-electron chi connectivity index (χ3n) is 1.25. The fourth-order valence-electron chi connectivity index (χ4n) is 0.705. The molecule has 0 aromatic heterocycles. The van der Waals surface area contributed by atoms with Crippen LogP contribution >= 0.6 is 55.1 Å². The minimum Gasteiger partial charge on any atom is -0.211 e. The number of rotatable bonds is 1. The molecule has 6 heteroatoms. The maximum Gasteiger partial charge on any atom is 0.240 e. The molecule has 0 aliphatic heterocycles. The molecular formula is C7HBr2Cl2NO. The van der Waals surface area contributed by atoms with Crippen molar-refractivity contribution in [3.63, 3.8) is 0 Å². The molecule has 2 nitrogen and oxygen atoms in total. The van der Waals surface area contributed by atoms with Gasteiger partial charge in [0.05, 0.1) is 14.5 Å². The van der Waals surface area contributed by atoms with E-state index in [1.807, 2.05) is 0 Å². The van der Waals surface area contributed by atoms with E-state index in [4.69, 9.17) is 23.2 Å². The van der Waals surface area contributed by atoms with E-state index in [0.29, 0.717) is 19.0 Å². The third kappa shape index (κ3) is 2.33. The van der Waals surface area contributed by atoms with E-state index in [0.717, 1.165) is 0 Å². The van der Waals surface area contributed by atoms with Crippen molar-refractivity contribution in [2.75, 3.05) is 0 Å². The van der Waals surface area contributed by atoms with Crippen LogP contribution in [0.25, 0.3) is 0 Å². The molecule has 0 saturated heterocycles. The van der Waals surface area contributed by atoms with Gasteiger partial charge in [0.1, 0.15) is 5.69 Å². The highest BCUT2D eigenvalue weighted by Crippen LogP contribution is 2.42. The van der Waals surface area contributed by atoms with Crippen molar-refractivity contribution in [2.45, 2.75) is 0 Å². The van der Waals surface area contributed by atoms with Gasteiger partial charge in [0.2, 0.25) is 6.08 Å². The number of carbonyl (C=O) groups excluding carboxylic acids is 1. The molecule has 68 valence electrons. The Hall–Kier alpha value is 0.140. The Bertz CT molecular complexity index is 402. The van der Waals surface area contributed by atoms with E-state index in [1.54, 1.807) is 6.07 Å². The van der Waals surface area contributed by atoms with Crippen LogP contribution in [0.3, 0.4) is 0 Å². The van der Waals surface area contributed by atoms with Crippen LogP contribution in [0.15, 0.2) is 20.0 Å². The second-order valence-corrected chi connectivity index (χ2v) is 4.45. The van der Waals surface area contributed by atoms with Gasteiger partial charge in [-0.25, -0.2) is 4.79 Å². The summed E-state index contributed by atoms with van der Waals surface area (Å²) >= 11 is 18.0. The van der Waals surface area contributed by atoms with Crippen LogP contribution in [0.1, 0.15) is 0 Å². The van der Waals surface area contributed by atoms with Gasteiger partial charge in [0, 0.05) is 4.47 Å². The summed E-state index contributed by atoms with van der Waals surface area (Å²) in [6, 6.07) is 1.56. The minimum absolute atomic E-state index is 0.282. The predicted molar refractivity (Wildman–Crippen MR) is 59.6 cm³/mol. The van der Waals surface area contributed by atoms with Crippen molar-refractivity contribution in [1.82, 2.24) is 0 Å². The molecule has 0 unspecified atom stereocenters. The Balaban J connectivity index is 3.52.